The zero-order valence-electron chi connectivity index (χ0n) is 14.6. The van der Waals surface area contributed by atoms with Gasteiger partial charge in [-0.05, 0) is 55.2 Å². The number of carbonyl (C=O) groups excluding carboxylic acids is 1. The topological polar surface area (TPSA) is 66.8 Å². The standard InChI is InChI=1S/C20H21NO4/c1-20(2,3)25-19(24)21-11-14-9-8-13(10-15(14)12-21)16-6-4-5-7-17(16)18(22)23/h4-10H,11-12H2,1-3H3,(H,22,23). The molecule has 0 aromatic heterocycles. The molecule has 0 atom stereocenters. The second-order valence-corrected chi connectivity index (χ2v) is 7.17. The number of ether oxygens (including phenoxy) is 1. The fourth-order valence-electron chi connectivity index (χ4n) is 2.94. The Morgan fingerprint density at radius 1 is 1.04 bits per heavy atom. The zero-order chi connectivity index (χ0) is 18.2. The third-order valence-corrected chi connectivity index (χ3v) is 4.05. The summed E-state index contributed by atoms with van der Waals surface area (Å²) >= 11 is 0. The third kappa shape index (κ3) is 3.65. The van der Waals surface area contributed by atoms with E-state index in [0.717, 1.165) is 16.7 Å². The molecule has 1 heterocycles. The van der Waals surface area contributed by atoms with E-state index in [2.05, 4.69) is 0 Å². The largest absolute Gasteiger partial charge is 0.478 e. The first-order valence-corrected chi connectivity index (χ1v) is 8.17. The molecule has 2 aromatic rings. The molecule has 1 aliphatic heterocycles. The van der Waals surface area contributed by atoms with Crippen molar-refractivity contribution in [2.24, 2.45) is 0 Å². The molecule has 0 radical (unpaired) electrons. The number of aromatic carboxylic acids is 1. The fraction of sp³-hybridized carbons (Fsp3) is 0.300. The number of hydrogen-bond acceptors (Lipinski definition) is 3. The molecule has 5 heteroatoms. The lowest BCUT2D eigenvalue weighted by molar-refractivity contribution is 0.0241. The Labute approximate surface area is 146 Å². The Morgan fingerprint density at radius 2 is 1.72 bits per heavy atom. The Balaban J connectivity index is 1.86. The van der Waals surface area contributed by atoms with Crippen LogP contribution in [0.3, 0.4) is 0 Å². The van der Waals surface area contributed by atoms with Crippen molar-refractivity contribution in [1.29, 1.82) is 0 Å². The van der Waals surface area contributed by atoms with Crippen molar-refractivity contribution in [3.63, 3.8) is 0 Å². The van der Waals surface area contributed by atoms with E-state index in [4.69, 9.17) is 4.74 Å². The summed E-state index contributed by atoms with van der Waals surface area (Å²) in [5.74, 6) is -0.952. The summed E-state index contributed by atoms with van der Waals surface area (Å²) in [6, 6.07) is 12.7. The Kier molecular flexibility index (Phi) is 4.25. The number of rotatable bonds is 2. The van der Waals surface area contributed by atoms with Crippen LogP contribution in [0.2, 0.25) is 0 Å². The maximum absolute atomic E-state index is 12.3. The zero-order valence-corrected chi connectivity index (χ0v) is 14.6. The van der Waals surface area contributed by atoms with Gasteiger partial charge in [0.25, 0.3) is 0 Å². The Hall–Kier alpha value is -2.82. The van der Waals surface area contributed by atoms with Crippen LogP contribution in [0.15, 0.2) is 42.5 Å². The van der Waals surface area contributed by atoms with Gasteiger partial charge < -0.3 is 9.84 Å². The molecule has 0 aliphatic carbocycles. The van der Waals surface area contributed by atoms with E-state index in [1.165, 1.54) is 0 Å². The highest BCUT2D eigenvalue weighted by Gasteiger charge is 2.28. The fourth-order valence-corrected chi connectivity index (χ4v) is 2.94. The van der Waals surface area contributed by atoms with E-state index < -0.39 is 11.6 Å². The molecule has 1 amide bonds. The number of benzene rings is 2. The van der Waals surface area contributed by atoms with E-state index in [1.54, 1.807) is 23.1 Å². The number of nitrogens with zero attached hydrogens (tertiary/aromatic N) is 1. The van der Waals surface area contributed by atoms with Crippen LogP contribution in [0, 0.1) is 0 Å². The molecule has 2 aromatic carbocycles. The minimum absolute atomic E-state index is 0.268. The molecule has 3 rings (SSSR count). The Morgan fingerprint density at radius 3 is 2.40 bits per heavy atom. The van der Waals surface area contributed by atoms with E-state index >= 15 is 0 Å². The second-order valence-electron chi connectivity index (χ2n) is 7.17. The molecule has 0 bridgehead atoms. The lowest BCUT2D eigenvalue weighted by atomic mass is 9.97. The van der Waals surface area contributed by atoms with Crippen LogP contribution in [0.1, 0.15) is 42.3 Å². The van der Waals surface area contributed by atoms with Gasteiger partial charge in [0.05, 0.1) is 5.56 Å². The van der Waals surface area contributed by atoms with Crippen LogP contribution in [-0.4, -0.2) is 27.7 Å². The van der Waals surface area contributed by atoms with Crippen molar-refractivity contribution in [1.82, 2.24) is 4.90 Å². The molecule has 0 fully saturated rings. The maximum atomic E-state index is 12.3. The number of carboxylic acids is 1. The first-order valence-electron chi connectivity index (χ1n) is 8.17. The average molecular weight is 339 g/mol. The van der Waals surface area contributed by atoms with Crippen molar-refractivity contribution < 1.29 is 19.4 Å². The quantitative estimate of drug-likeness (QED) is 0.886. The van der Waals surface area contributed by atoms with Crippen molar-refractivity contribution in [2.45, 2.75) is 39.5 Å². The molecule has 130 valence electrons. The molecule has 5 nitrogen and oxygen atoms in total. The van der Waals surface area contributed by atoms with E-state index in [1.807, 2.05) is 45.0 Å². The second kappa shape index (κ2) is 6.24. The number of fused-ring (bicyclic) bond motifs is 1. The highest BCUT2D eigenvalue weighted by Crippen LogP contribution is 2.31. The Bertz CT molecular complexity index is 836. The smallest absolute Gasteiger partial charge is 0.410 e. The lowest BCUT2D eigenvalue weighted by Crippen LogP contribution is -2.33. The molecular weight excluding hydrogens is 318 g/mol. The molecule has 0 saturated heterocycles. The number of amides is 1. The predicted octanol–water partition coefficient (Wildman–Crippen LogP) is 4.30. The van der Waals surface area contributed by atoms with E-state index in [0.29, 0.717) is 18.7 Å². The van der Waals surface area contributed by atoms with Gasteiger partial charge in [-0.15, -0.1) is 0 Å². The summed E-state index contributed by atoms with van der Waals surface area (Å²) in [4.78, 5) is 25.3. The van der Waals surface area contributed by atoms with Crippen molar-refractivity contribution in [3.8, 4) is 11.1 Å². The first kappa shape index (κ1) is 17.0. The summed E-state index contributed by atoms with van der Waals surface area (Å²) in [5, 5.41) is 9.37. The van der Waals surface area contributed by atoms with Gasteiger partial charge in [0, 0.05) is 13.1 Å². The highest BCUT2D eigenvalue weighted by molar-refractivity contribution is 5.96. The molecule has 0 spiro atoms. The van der Waals surface area contributed by atoms with E-state index in [-0.39, 0.29) is 11.7 Å². The van der Waals surface area contributed by atoms with Gasteiger partial charge in [0.2, 0.25) is 0 Å². The first-order chi connectivity index (χ1) is 11.7. The SMILES string of the molecule is CC(C)(C)OC(=O)N1Cc2ccc(-c3ccccc3C(=O)O)cc2C1. The highest BCUT2D eigenvalue weighted by atomic mass is 16.6. The van der Waals surface area contributed by atoms with Gasteiger partial charge in [0.1, 0.15) is 5.60 Å². The van der Waals surface area contributed by atoms with Crippen LogP contribution >= 0.6 is 0 Å². The van der Waals surface area contributed by atoms with Crippen molar-refractivity contribution >= 4 is 12.1 Å². The summed E-state index contributed by atoms with van der Waals surface area (Å²) in [6.07, 6.45) is -0.337. The lowest BCUT2D eigenvalue weighted by Gasteiger charge is -2.24. The van der Waals surface area contributed by atoms with Gasteiger partial charge in [-0.2, -0.15) is 0 Å². The van der Waals surface area contributed by atoms with Gasteiger partial charge in [-0.1, -0.05) is 30.3 Å². The summed E-state index contributed by atoms with van der Waals surface area (Å²) in [6.45, 7) is 6.50. The molecular formula is C20H21NO4. The molecule has 25 heavy (non-hydrogen) atoms. The molecule has 0 saturated carbocycles. The maximum Gasteiger partial charge on any atom is 0.410 e. The minimum atomic E-state index is -0.952. The molecule has 1 N–H and O–H groups in total. The average Bonchev–Trinajstić information content (AvgIpc) is 2.96. The predicted molar refractivity (Wildman–Crippen MR) is 94.3 cm³/mol. The van der Waals surface area contributed by atoms with Crippen LogP contribution in [0.4, 0.5) is 4.79 Å². The third-order valence-electron chi connectivity index (χ3n) is 4.05. The number of hydrogen-bond donors (Lipinski definition) is 1. The summed E-state index contributed by atoms with van der Waals surface area (Å²) in [7, 11) is 0. The van der Waals surface area contributed by atoms with E-state index in [9.17, 15) is 14.7 Å². The summed E-state index contributed by atoms with van der Waals surface area (Å²) in [5.41, 5.74) is 3.32. The van der Waals surface area contributed by atoms with Gasteiger partial charge in [-0.25, -0.2) is 9.59 Å². The van der Waals surface area contributed by atoms with Crippen LogP contribution in [0.25, 0.3) is 11.1 Å². The van der Waals surface area contributed by atoms with Crippen molar-refractivity contribution in [2.75, 3.05) is 0 Å². The summed E-state index contributed by atoms with van der Waals surface area (Å²) < 4.78 is 5.43. The number of carboxylic acid groups (broad SMARTS) is 1. The normalized spacial score (nSPS) is 13.5. The van der Waals surface area contributed by atoms with Crippen LogP contribution in [-0.2, 0) is 17.8 Å². The molecule has 0 unspecified atom stereocenters. The van der Waals surface area contributed by atoms with Gasteiger partial charge in [-0.3, -0.25) is 4.90 Å². The van der Waals surface area contributed by atoms with Gasteiger partial charge in [0.15, 0.2) is 0 Å². The van der Waals surface area contributed by atoms with Crippen molar-refractivity contribution in [3.05, 3.63) is 59.2 Å². The molecule has 1 aliphatic rings. The van der Waals surface area contributed by atoms with Crippen LogP contribution < -0.4 is 0 Å². The van der Waals surface area contributed by atoms with Crippen LogP contribution in [0.5, 0.6) is 0 Å². The monoisotopic (exact) mass is 339 g/mol. The van der Waals surface area contributed by atoms with Gasteiger partial charge >= 0.3 is 12.1 Å². The number of carbonyl (C=O) groups is 2. The minimum Gasteiger partial charge on any atom is -0.478 e.